The highest BCUT2D eigenvalue weighted by atomic mass is 16.7. The van der Waals surface area contributed by atoms with Gasteiger partial charge in [0.15, 0.2) is 0 Å². The minimum Gasteiger partial charge on any atom is -0.396 e. The Bertz CT molecular complexity index is 104. The van der Waals surface area contributed by atoms with Crippen molar-refractivity contribution < 1.29 is 14.7 Å². The van der Waals surface area contributed by atoms with Crippen LogP contribution in [0.1, 0.15) is 6.92 Å². The molecule has 0 rings (SSSR count). The number of amides is 1. The van der Waals surface area contributed by atoms with Crippen LogP contribution in [-0.4, -0.2) is 36.8 Å². The second-order valence-electron chi connectivity index (χ2n) is 2.10. The van der Waals surface area contributed by atoms with Crippen LogP contribution in [0.5, 0.6) is 0 Å². The summed E-state index contributed by atoms with van der Waals surface area (Å²) in [6.07, 6.45) is 0. The van der Waals surface area contributed by atoms with Gasteiger partial charge in [-0.05, 0) is 0 Å². The molecule has 0 aliphatic carbocycles. The highest BCUT2D eigenvalue weighted by Crippen LogP contribution is 1.98. The van der Waals surface area contributed by atoms with Crippen LogP contribution in [0.3, 0.4) is 0 Å². The lowest BCUT2D eigenvalue weighted by molar-refractivity contribution is -0.173. The fraction of sp³-hybridized carbons (Fsp3) is 0.833. The zero-order valence-electron chi connectivity index (χ0n) is 6.50. The van der Waals surface area contributed by atoms with E-state index in [9.17, 15) is 4.79 Å². The van der Waals surface area contributed by atoms with Gasteiger partial charge < -0.3 is 5.11 Å². The lowest BCUT2D eigenvalue weighted by Gasteiger charge is -2.16. The van der Waals surface area contributed by atoms with Crippen molar-refractivity contribution in [3.63, 3.8) is 0 Å². The fourth-order valence-electron chi connectivity index (χ4n) is 0.478. The minimum absolute atomic E-state index is 0.146. The van der Waals surface area contributed by atoms with Gasteiger partial charge >= 0.3 is 0 Å². The Morgan fingerprint density at radius 1 is 1.80 bits per heavy atom. The third-order valence-electron chi connectivity index (χ3n) is 1.28. The lowest BCUT2D eigenvalue weighted by Crippen LogP contribution is -2.32. The van der Waals surface area contributed by atoms with Crippen LogP contribution in [0.25, 0.3) is 0 Å². The Labute approximate surface area is 60.3 Å². The molecule has 0 aromatic rings. The molecule has 0 radical (unpaired) electrons. The van der Waals surface area contributed by atoms with Crippen LogP contribution in [0.4, 0.5) is 0 Å². The molecule has 1 amide bonds. The Balaban J connectivity index is 3.82. The summed E-state index contributed by atoms with van der Waals surface area (Å²) in [5, 5.41) is 9.64. The van der Waals surface area contributed by atoms with E-state index >= 15 is 0 Å². The first-order chi connectivity index (χ1) is 4.63. The first-order valence-electron chi connectivity index (χ1n) is 3.06. The Hall–Kier alpha value is -0.610. The van der Waals surface area contributed by atoms with E-state index < -0.39 is 0 Å². The van der Waals surface area contributed by atoms with Crippen LogP contribution < -0.4 is 0 Å². The number of nitrogens with zero attached hydrogens (tertiary/aromatic N) is 1. The summed E-state index contributed by atoms with van der Waals surface area (Å²) in [6, 6.07) is 0. The van der Waals surface area contributed by atoms with Crippen molar-refractivity contribution in [2.24, 2.45) is 5.92 Å². The van der Waals surface area contributed by atoms with Gasteiger partial charge in [-0.25, -0.2) is 5.06 Å². The first kappa shape index (κ1) is 9.39. The van der Waals surface area contributed by atoms with Crippen molar-refractivity contribution in [1.82, 2.24) is 5.06 Å². The Morgan fingerprint density at radius 2 is 2.30 bits per heavy atom. The van der Waals surface area contributed by atoms with E-state index in [0.717, 1.165) is 5.06 Å². The number of hydrogen-bond acceptors (Lipinski definition) is 3. The molecule has 4 nitrogen and oxygen atoms in total. The van der Waals surface area contributed by atoms with Crippen molar-refractivity contribution in [3.8, 4) is 0 Å². The van der Waals surface area contributed by atoms with Crippen LogP contribution in [0, 0.1) is 5.92 Å². The van der Waals surface area contributed by atoms with Gasteiger partial charge in [0.2, 0.25) is 0 Å². The number of hydroxylamine groups is 2. The van der Waals surface area contributed by atoms with Crippen molar-refractivity contribution in [3.05, 3.63) is 0 Å². The predicted molar refractivity (Wildman–Crippen MR) is 36.0 cm³/mol. The highest BCUT2D eigenvalue weighted by molar-refractivity contribution is 5.77. The van der Waals surface area contributed by atoms with Crippen molar-refractivity contribution in [2.75, 3.05) is 20.8 Å². The third-order valence-corrected chi connectivity index (χ3v) is 1.28. The summed E-state index contributed by atoms with van der Waals surface area (Å²) < 4.78 is 0. The minimum atomic E-state index is -0.384. The SMILES string of the molecule is CON(C)C(=O)[C@@H](C)CO. The van der Waals surface area contributed by atoms with Crippen LogP contribution in [0.2, 0.25) is 0 Å². The summed E-state index contributed by atoms with van der Waals surface area (Å²) in [4.78, 5) is 15.6. The zero-order valence-corrected chi connectivity index (χ0v) is 6.50. The van der Waals surface area contributed by atoms with Crippen LogP contribution >= 0.6 is 0 Å². The molecule has 0 heterocycles. The molecule has 0 unspecified atom stereocenters. The quantitative estimate of drug-likeness (QED) is 0.554. The second-order valence-corrected chi connectivity index (χ2v) is 2.10. The summed E-state index contributed by atoms with van der Waals surface area (Å²) in [5.74, 6) is -0.602. The zero-order chi connectivity index (χ0) is 8.15. The second kappa shape index (κ2) is 4.24. The fourth-order valence-corrected chi connectivity index (χ4v) is 0.478. The summed E-state index contributed by atoms with van der Waals surface area (Å²) in [5.41, 5.74) is 0. The molecular formula is C6H13NO3. The summed E-state index contributed by atoms with van der Waals surface area (Å²) in [6.45, 7) is 1.49. The van der Waals surface area contributed by atoms with E-state index in [1.54, 1.807) is 6.92 Å². The van der Waals surface area contributed by atoms with Crippen molar-refractivity contribution in [1.29, 1.82) is 0 Å². The lowest BCUT2D eigenvalue weighted by atomic mass is 10.2. The predicted octanol–water partition coefficient (Wildman–Crippen LogP) is -0.365. The number of rotatable bonds is 3. The van der Waals surface area contributed by atoms with E-state index in [-0.39, 0.29) is 18.4 Å². The molecule has 0 fully saturated rings. The normalized spacial score (nSPS) is 12.8. The summed E-state index contributed by atoms with van der Waals surface area (Å²) in [7, 11) is 2.91. The third kappa shape index (κ3) is 2.33. The number of carbonyl (C=O) groups excluding carboxylic acids is 1. The largest absolute Gasteiger partial charge is 0.396 e. The summed E-state index contributed by atoms with van der Waals surface area (Å²) >= 11 is 0. The average Bonchev–Trinajstić information content (AvgIpc) is 2.00. The molecule has 0 spiro atoms. The van der Waals surface area contributed by atoms with Gasteiger partial charge in [0.25, 0.3) is 5.91 Å². The molecule has 0 aromatic carbocycles. The topological polar surface area (TPSA) is 49.8 Å². The van der Waals surface area contributed by atoms with Crippen molar-refractivity contribution >= 4 is 5.91 Å². The number of aliphatic hydroxyl groups excluding tert-OH is 1. The van der Waals surface area contributed by atoms with Gasteiger partial charge in [-0.15, -0.1) is 0 Å². The molecule has 0 aliphatic rings. The van der Waals surface area contributed by atoms with E-state index in [0.29, 0.717) is 0 Å². The molecule has 4 heteroatoms. The maximum Gasteiger partial charge on any atom is 0.250 e. The maximum absolute atomic E-state index is 10.9. The van der Waals surface area contributed by atoms with Crippen LogP contribution in [-0.2, 0) is 9.63 Å². The molecule has 0 bridgehead atoms. The molecule has 10 heavy (non-hydrogen) atoms. The van der Waals surface area contributed by atoms with Gasteiger partial charge in [-0.2, -0.15) is 0 Å². The molecule has 60 valence electrons. The Morgan fingerprint density at radius 3 is 2.60 bits per heavy atom. The monoisotopic (exact) mass is 147 g/mol. The van der Waals surface area contributed by atoms with E-state index in [1.807, 2.05) is 0 Å². The average molecular weight is 147 g/mol. The van der Waals surface area contributed by atoms with Crippen molar-refractivity contribution in [2.45, 2.75) is 6.92 Å². The van der Waals surface area contributed by atoms with Gasteiger partial charge in [-0.1, -0.05) is 6.92 Å². The molecule has 0 saturated heterocycles. The molecule has 0 saturated carbocycles. The van der Waals surface area contributed by atoms with Gasteiger partial charge in [0.05, 0.1) is 19.6 Å². The number of hydrogen-bond donors (Lipinski definition) is 1. The molecule has 1 atom stereocenters. The first-order valence-corrected chi connectivity index (χ1v) is 3.06. The smallest absolute Gasteiger partial charge is 0.250 e. The van der Waals surface area contributed by atoms with E-state index in [1.165, 1.54) is 14.2 Å². The maximum atomic E-state index is 10.9. The van der Waals surface area contributed by atoms with Gasteiger partial charge in [-0.3, -0.25) is 9.63 Å². The molecule has 0 aliphatic heterocycles. The molecule has 0 aromatic heterocycles. The van der Waals surface area contributed by atoms with Gasteiger partial charge in [0, 0.05) is 7.05 Å². The van der Waals surface area contributed by atoms with Crippen LogP contribution in [0.15, 0.2) is 0 Å². The highest BCUT2D eigenvalue weighted by Gasteiger charge is 2.15. The van der Waals surface area contributed by atoms with E-state index in [4.69, 9.17) is 5.11 Å². The number of carbonyl (C=O) groups is 1. The standard InChI is InChI=1S/C6H13NO3/c1-5(4-8)6(9)7(2)10-3/h5,8H,4H2,1-3H3/t5-/m0/s1. The van der Waals surface area contributed by atoms with Gasteiger partial charge in [0.1, 0.15) is 0 Å². The van der Waals surface area contributed by atoms with E-state index in [2.05, 4.69) is 4.84 Å². The number of aliphatic hydroxyl groups is 1. The molecular weight excluding hydrogens is 134 g/mol. The Kier molecular flexibility index (Phi) is 3.99. The molecule has 1 N–H and O–H groups in total.